The second-order valence-electron chi connectivity index (χ2n) is 7.07. The van der Waals surface area contributed by atoms with Crippen molar-refractivity contribution in [2.24, 2.45) is 0 Å². The van der Waals surface area contributed by atoms with Gasteiger partial charge in [-0.2, -0.15) is 0 Å². The van der Waals surface area contributed by atoms with Crippen LogP contribution in [0.25, 0.3) is 10.9 Å². The molecule has 3 aromatic rings. The standard InChI is InChI=1S/C21H16N2O4/c24-19-13-3-1-2-4-14(13)20(25)23(19)12-6-8-18-16(10-12)15-9-11(21(26)27)5-7-17(15)22-18/h1-5,7,9,12,22H,6,8,10H2,(H,26,27). The monoisotopic (exact) mass is 360 g/mol. The second-order valence-corrected chi connectivity index (χ2v) is 7.07. The quantitative estimate of drug-likeness (QED) is 0.688. The summed E-state index contributed by atoms with van der Waals surface area (Å²) in [6.07, 6.45) is 1.94. The first-order valence-electron chi connectivity index (χ1n) is 8.88. The summed E-state index contributed by atoms with van der Waals surface area (Å²) in [6, 6.07) is 11.7. The van der Waals surface area contributed by atoms with Gasteiger partial charge in [0.2, 0.25) is 0 Å². The minimum Gasteiger partial charge on any atom is -0.478 e. The van der Waals surface area contributed by atoms with Gasteiger partial charge in [-0.3, -0.25) is 14.5 Å². The smallest absolute Gasteiger partial charge is 0.335 e. The largest absolute Gasteiger partial charge is 0.478 e. The average Bonchev–Trinajstić information content (AvgIpc) is 3.16. The van der Waals surface area contributed by atoms with Crippen LogP contribution in [-0.2, 0) is 12.8 Å². The highest BCUT2D eigenvalue weighted by Gasteiger charge is 2.41. The number of imide groups is 1. The van der Waals surface area contributed by atoms with Gasteiger partial charge < -0.3 is 10.1 Å². The number of nitrogens with one attached hydrogen (secondary N) is 1. The zero-order chi connectivity index (χ0) is 18.7. The predicted molar refractivity (Wildman–Crippen MR) is 98.0 cm³/mol. The summed E-state index contributed by atoms with van der Waals surface area (Å²) in [5.74, 6) is -1.45. The fourth-order valence-electron chi connectivity index (χ4n) is 4.29. The number of hydrogen-bond acceptors (Lipinski definition) is 3. The van der Waals surface area contributed by atoms with E-state index in [9.17, 15) is 19.5 Å². The van der Waals surface area contributed by atoms with E-state index in [-0.39, 0.29) is 23.4 Å². The Morgan fingerprint density at radius 3 is 2.44 bits per heavy atom. The molecule has 2 heterocycles. The first-order chi connectivity index (χ1) is 13.0. The van der Waals surface area contributed by atoms with Crippen molar-refractivity contribution in [2.45, 2.75) is 25.3 Å². The maximum absolute atomic E-state index is 12.8. The van der Waals surface area contributed by atoms with E-state index < -0.39 is 5.97 Å². The Balaban J connectivity index is 1.54. The molecule has 6 nitrogen and oxygen atoms in total. The Hall–Kier alpha value is -3.41. The van der Waals surface area contributed by atoms with Crippen LogP contribution in [0.4, 0.5) is 0 Å². The summed E-state index contributed by atoms with van der Waals surface area (Å²) in [4.78, 5) is 41.6. The van der Waals surface area contributed by atoms with Crippen LogP contribution in [0.1, 0.15) is 48.8 Å². The van der Waals surface area contributed by atoms with E-state index in [0.717, 1.165) is 22.2 Å². The molecule has 0 fully saturated rings. The second kappa shape index (κ2) is 5.54. The van der Waals surface area contributed by atoms with Crippen LogP contribution in [0.2, 0.25) is 0 Å². The third kappa shape index (κ3) is 2.23. The highest BCUT2D eigenvalue weighted by atomic mass is 16.4. The minimum absolute atomic E-state index is 0.225. The number of carboxylic acids is 1. The molecule has 27 heavy (non-hydrogen) atoms. The molecule has 0 bridgehead atoms. The minimum atomic E-state index is -0.973. The van der Waals surface area contributed by atoms with Crippen LogP contribution in [-0.4, -0.2) is 38.8 Å². The molecule has 0 radical (unpaired) electrons. The molecule has 1 atom stereocenters. The number of carbonyl (C=O) groups excluding carboxylic acids is 2. The van der Waals surface area contributed by atoms with Crippen LogP contribution in [0.3, 0.4) is 0 Å². The summed E-state index contributed by atoms with van der Waals surface area (Å²) < 4.78 is 0. The van der Waals surface area contributed by atoms with E-state index in [1.165, 1.54) is 4.90 Å². The molecule has 1 aliphatic carbocycles. The van der Waals surface area contributed by atoms with E-state index in [4.69, 9.17) is 0 Å². The van der Waals surface area contributed by atoms with E-state index in [1.807, 2.05) is 0 Å². The lowest BCUT2D eigenvalue weighted by Crippen LogP contribution is -2.43. The van der Waals surface area contributed by atoms with Crippen LogP contribution in [0, 0.1) is 0 Å². The van der Waals surface area contributed by atoms with Crippen molar-refractivity contribution in [1.82, 2.24) is 9.88 Å². The van der Waals surface area contributed by atoms with Crippen molar-refractivity contribution in [3.63, 3.8) is 0 Å². The molecule has 6 heteroatoms. The number of aromatic carboxylic acids is 1. The predicted octanol–water partition coefficient (Wildman–Crippen LogP) is 3.02. The Bertz CT molecular complexity index is 1110. The molecule has 2 N–H and O–H groups in total. The number of carboxylic acid groups (broad SMARTS) is 1. The number of carbonyl (C=O) groups is 3. The molecule has 5 rings (SSSR count). The van der Waals surface area contributed by atoms with Gasteiger partial charge in [0, 0.05) is 22.6 Å². The number of aromatic amines is 1. The Morgan fingerprint density at radius 1 is 1.07 bits per heavy atom. The van der Waals surface area contributed by atoms with Crippen molar-refractivity contribution in [3.05, 3.63) is 70.4 Å². The Kier molecular flexibility index (Phi) is 3.25. The number of aryl methyl sites for hydroxylation is 1. The first-order valence-corrected chi connectivity index (χ1v) is 8.88. The van der Waals surface area contributed by atoms with Crippen molar-refractivity contribution >= 4 is 28.7 Å². The molecule has 134 valence electrons. The molecule has 1 aliphatic heterocycles. The normalized spacial score (nSPS) is 18.7. The van der Waals surface area contributed by atoms with Crippen LogP contribution in [0.15, 0.2) is 42.5 Å². The topological polar surface area (TPSA) is 90.5 Å². The van der Waals surface area contributed by atoms with Crippen molar-refractivity contribution in [1.29, 1.82) is 0 Å². The maximum atomic E-state index is 12.8. The summed E-state index contributed by atoms with van der Waals surface area (Å²) in [5, 5.41) is 10.1. The zero-order valence-electron chi connectivity index (χ0n) is 14.4. The lowest BCUT2D eigenvalue weighted by molar-refractivity contribution is 0.0570. The Labute approximate surface area is 154 Å². The van der Waals surface area contributed by atoms with E-state index in [2.05, 4.69) is 4.98 Å². The highest BCUT2D eigenvalue weighted by molar-refractivity contribution is 6.21. The van der Waals surface area contributed by atoms with Gasteiger partial charge in [-0.15, -0.1) is 0 Å². The number of nitrogens with zero attached hydrogens (tertiary/aromatic N) is 1. The van der Waals surface area contributed by atoms with Crippen LogP contribution >= 0.6 is 0 Å². The van der Waals surface area contributed by atoms with Gasteiger partial charge >= 0.3 is 5.97 Å². The lowest BCUT2D eigenvalue weighted by atomic mass is 9.90. The number of amides is 2. The Morgan fingerprint density at radius 2 is 1.78 bits per heavy atom. The molecular formula is C21H16N2O4. The number of benzene rings is 2. The molecule has 1 unspecified atom stereocenters. The molecule has 2 aromatic carbocycles. The average molecular weight is 360 g/mol. The number of rotatable bonds is 2. The number of aromatic nitrogens is 1. The van der Waals surface area contributed by atoms with Gasteiger partial charge in [0.25, 0.3) is 11.8 Å². The number of H-pyrrole nitrogens is 1. The van der Waals surface area contributed by atoms with Gasteiger partial charge in [-0.25, -0.2) is 4.79 Å². The molecule has 0 saturated heterocycles. The lowest BCUT2D eigenvalue weighted by Gasteiger charge is -2.29. The third-order valence-electron chi connectivity index (χ3n) is 5.60. The van der Waals surface area contributed by atoms with Crippen molar-refractivity contribution in [2.75, 3.05) is 0 Å². The zero-order valence-corrected chi connectivity index (χ0v) is 14.4. The van der Waals surface area contributed by atoms with Crippen LogP contribution in [0.5, 0.6) is 0 Å². The van der Waals surface area contributed by atoms with Gasteiger partial charge in [0.1, 0.15) is 0 Å². The SMILES string of the molecule is O=C(O)c1ccc2[nH]c3c(c2c1)CC(N1C(=O)c2ccccc2C1=O)CC3. The van der Waals surface area contributed by atoms with E-state index in [0.29, 0.717) is 30.4 Å². The summed E-state index contributed by atoms with van der Waals surface area (Å²) in [6.45, 7) is 0. The highest BCUT2D eigenvalue weighted by Crippen LogP contribution is 2.34. The fourth-order valence-corrected chi connectivity index (χ4v) is 4.29. The van der Waals surface area contributed by atoms with Gasteiger partial charge in [-0.05, 0) is 55.2 Å². The van der Waals surface area contributed by atoms with Crippen LogP contribution < -0.4 is 0 Å². The van der Waals surface area contributed by atoms with E-state index in [1.54, 1.807) is 42.5 Å². The van der Waals surface area contributed by atoms with Gasteiger partial charge in [-0.1, -0.05) is 12.1 Å². The molecule has 2 amide bonds. The molecule has 1 aromatic heterocycles. The number of hydrogen-bond donors (Lipinski definition) is 2. The van der Waals surface area contributed by atoms with Crippen molar-refractivity contribution in [3.8, 4) is 0 Å². The summed E-state index contributed by atoms with van der Waals surface area (Å²) in [5.41, 5.74) is 4.09. The van der Waals surface area contributed by atoms with E-state index >= 15 is 0 Å². The molecule has 2 aliphatic rings. The molecule has 0 saturated carbocycles. The van der Waals surface area contributed by atoms with Gasteiger partial charge in [0.15, 0.2) is 0 Å². The molecular weight excluding hydrogens is 344 g/mol. The first kappa shape index (κ1) is 15.8. The fraction of sp³-hybridized carbons (Fsp3) is 0.190. The van der Waals surface area contributed by atoms with Crippen molar-refractivity contribution < 1.29 is 19.5 Å². The maximum Gasteiger partial charge on any atom is 0.335 e. The number of fused-ring (bicyclic) bond motifs is 4. The summed E-state index contributed by atoms with van der Waals surface area (Å²) in [7, 11) is 0. The van der Waals surface area contributed by atoms with Gasteiger partial charge in [0.05, 0.1) is 16.7 Å². The summed E-state index contributed by atoms with van der Waals surface area (Å²) >= 11 is 0. The third-order valence-corrected chi connectivity index (χ3v) is 5.60. The molecule has 0 spiro atoms.